The van der Waals surface area contributed by atoms with Crippen LogP contribution >= 0.6 is 0 Å². The minimum atomic E-state index is -0.667. The summed E-state index contributed by atoms with van der Waals surface area (Å²) in [5.41, 5.74) is 3.28. The number of nitrogens with zero attached hydrogens (tertiary/aromatic N) is 1. The van der Waals surface area contributed by atoms with Gasteiger partial charge in [0, 0.05) is 30.8 Å². The lowest BCUT2D eigenvalue weighted by atomic mass is 9.88. The number of amides is 3. The van der Waals surface area contributed by atoms with Crippen LogP contribution in [0.5, 0.6) is 0 Å². The van der Waals surface area contributed by atoms with Gasteiger partial charge in [-0.05, 0) is 56.9 Å². The van der Waals surface area contributed by atoms with Gasteiger partial charge in [-0.25, -0.2) is 0 Å². The zero-order valence-corrected chi connectivity index (χ0v) is 18.8. The van der Waals surface area contributed by atoms with Crippen molar-refractivity contribution in [2.24, 2.45) is 5.92 Å². The number of likely N-dealkylation sites (tertiary alicyclic amines) is 1. The SMILES string of the molecule is C=CCNC(=O)[C@@H](NC(=O)c1cccc(C)c1)C1CCN(C(=O)c2ccc(C)cc2)CC1. The molecule has 1 atom stereocenters. The van der Waals surface area contributed by atoms with Gasteiger partial charge < -0.3 is 15.5 Å². The summed E-state index contributed by atoms with van der Waals surface area (Å²) in [7, 11) is 0. The van der Waals surface area contributed by atoms with Crippen molar-refractivity contribution in [3.8, 4) is 0 Å². The molecule has 0 spiro atoms. The Kier molecular flexibility index (Phi) is 7.82. The molecule has 1 aliphatic heterocycles. The third kappa shape index (κ3) is 5.84. The molecule has 0 unspecified atom stereocenters. The van der Waals surface area contributed by atoms with Gasteiger partial charge in [-0.15, -0.1) is 6.58 Å². The van der Waals surface area contributed by atoms with Gasteiger partial charge in [-0.2, -0.15) is 0 Å². The van der Waals surface area contributed by atoms with Gasteiger partial charge in [-0.1, -0.05) is 41.5 Å². The zero-order chi connectivity index (χ0) is 23.1. The molecular formula is C26H31N3O3. The molecule has 1 heterocycles. The van der Waals surface area contributed by atoms with Crippen molar-refractivity contribution in [1.82, 2.24) is 15.5 Å². The first kappa shape index (κ1) is 23.3. The second-order valence-electron chi connectivity index (χ2n) is 8.35. The van der Waals surface area contributed by atoms with Gasteiger partial charge in [0.25, 0.3) is 11.8 Å². The van der Waals surface area contributed by atoms with Crippen molar-refractivity contribution >= 4 is 17.7 Å². The lowest BCUT2D eigenvalue weighted by molar-refractivity contribution is -0.124. The minimum absolute atomic E-state index is 0.0000877. The molecule has 0 aromatic heterocycles. The maximum atomic E-state index is 12.8. The van der Waals surface area contributed by atoms with E-state index in [9.17, 15) is 14.4 Å². The second-order valence-corrected chi connectivity index (χ2v) is 8.35. The van der Waals surface area contributed by atoms with E-state index in [2.05, 4.69) is 17.2 Å². The van der Waals surface area contributed by atoms with Gasteiger partial charge in [-0.3, -0.25) is 14.4 Å². The van der Waals surface area contributed by atoms with Crippen LogP contribution < -0.4 is 10.6 Å². The Morgan fingerprint density at radius 1 is 1.03 bits per heavy atom. The number of aryl methyl sites for hydroxylation is 2. The summed E-state index contributed by atoms with van der Waals surface area (Å²) in [6.07, 6.45) is 2.88. The van der Waals surface area contributed by atoms with Crippen LogP contribution in [0.3, 0.4) is 0 Å². The highest BCUT2D eigenvalue weighted by molar-refractivity contribution is 5.98. The highest BCUT2D eigenvalue weighted by Crippen LogP contribution is 2.23. The van der Waals surface area contributed by atoms with Crippen molar-refractivity contribution < 1.29 is 14.4 Å². The molecule has 0 aliphatic carbocycles. The van der Waals surface area contributed by atoms with E-state index in [1.807, 2.05) is 55.1 Å². The van der Waals surface area contributed by atoms with E-state index in [4.69, 9.17) is 0 Å². The summed E-state index contributed by atoms with van der Waals surface area (Å²) in [5, 5.41) is 5.74. The summed E-state index contributed by atoms with van der Waals surface area (Å²) in [6, 6.07) is 14.2. The average molecular weight is 434 g/mol. The molecule has 32 heavy (non-hydrogen) atoms. The fourth-order valence-electron chi connectivity index (χ4n) is 4.01. The summed E-state index contributed by atoms with van der Waals surface area (Å²) in [5.74, 6) is -0.560. The first-order valence-corrected chi connectivity index (χ1v) is 11.0. The molecule has 0 radical (unpaired) electrons. The second kappa shape index (κ2) is 10.8. The van der Waals surface area contributed by atoms with Gasteiger partial charge in [0.15, 0.2) is 0 Å². The van der Waals surface area contributed by atoms with Crippen LogP contribution in [-0.2, 0) is 4.79 Å². The quantitative estimate of drug-likeness (QED) is 0.658. The van der Waals surface area contributed by atoms with Gasteiger partial charge in [0.2, 0.25) is 5.91 Å². The van der Waals surface area contributed by atoms with Crippen molar-refractivity contribution in [3.63, 3.8) is 0 Å². The topological polar surface area (TPSA) is 78.5 Å². The normalized spacial score (nSPS) is 15.0. The molecule has 2 N–H and O–H groups in total. The Hall–Kier alpha value is -3.41. The number of hydrogen-bond acceptors (Lipinski definition) is 3. The Bertz CT molecular complexity index is 976. The van der Waals surface area contributed by atoms with E-state index >= 15 is 0 Å². The summed E-state index contributed by atoms with van der Waals surface area (Å²) in [4.78, 5) is 40.3. The van der Waals surface area contributed by atoms with Crippen LogP contribution in [0.4, 0.5) is 0 Å². The predicted octanol–water partition coefficient (Wildman–Crippen LogP) is 3.26. The van der Waals surface area contributed by atoms with Gasteiger partial charge in [0.1, 0.15) is 6.04 Å². The Morgan fingerprint density at radius 3 is 2.34 bits per heavy atom. The number of carbonyl (C=O) groups is 3. The predicted molar refractivity (Wildman–Crippen MR) is 125 cm³/mol. The lowest BCUT2D eigenvalue weighted by Gasteiger charge is -2.36. The number of benzene rings is 2. The molecule has 1 saturated heterocycles. The molecule has 2 aromatic rings. The molecule has 0 saturated carbocycles. The van der Waals surface area contributed by atoms with E-state index in [1.165, 1.54) is 0 Å². The molecule has 1 fully saturated rings. The highest BCUT2D eigenvalue weighted by atomic mass is 16.2. The first-order valence-electron chi connectivity index (χ1n) is 11.0. The van der Waals surface area contributed by atoms with E-state index < -0.39 is 6.04 Å². The zero-order valence-electron chi connectivity index (χ0n) is 18.8. The molecule has 6 heteroatoms. The van der Waals surface area contributed by atoms with Crippen molar-refractivity contribution in [1.29, 1.82) is 0 Å². The van der Waals surface area contributed by atoms with Gasteiger partial charge >= 0.3 is 0 Å². The van der Waals surface area contributed by atoms with Crippen LogP contribution in [0.2, 0.25) is 0 Å². The average Bonchev–Trinajstić information content (AvgIpc) is 2.81. The monoisotopic (exact) mass is 433 g/mol. The standard InChI is InChI=1S/C26H31N3O3/c1-4-14-27-25(31)23(28-24(30)22-7-5-6-19(3)17-22)20-12-15-29(16-13-20)26(32)21-10-8-18(2)9-11-21/h4-11,17,20,23H,1,12-16H2,2-3H3,(H,27,31)(H,28,30)/t23-/m0/s1. The fraction of sp³-hybridized carbons (Fsp3) is 0.346. The number of rotatable bonds is 7. The summed E-state index contributed by atoms with van der Waals surface area (Å²) >= 11 is 0. The Morgan fingerprint density at radius 2 is 1.72 bits per heavy atom. The lowest BCUT2D eigenvalue weighted by Crippen LogP contribution is -2.53. The van der Waals surface area contributed by atoms with E-state index in [-0.39, 0.29) is 23.6 Å². The largest absolute Gasteiger partial charge is 0.351 e. The third-order valence-electron chi connectivity index (χ3n) is 5.87. The van der Waals surface area contributed by atoms with Gasteiger partial charge in [0.05, 0.1) is 0 Å². The molecule has 1 aliphatic rings. The molecule has 6 nitrogen and oxygen atoms in total. The third-order valence-corrected chi connectivity index (χ3v) is 5.87. The molecule has 168 valence electrons. The first-order chi connectivity index (χ1) is 15.4. The Labute approximate surface area is 189 Å². The van der Waals surface area contributed by atoms with E-state index in [0.29, 0.717) is 43.6 Å². The maximum absolute atomic E-state index is 12.8. The smallest absolute Gasteiger partial charge is 0.253 e. The van der Waals surface area contributed by atoms with Crippen LogP contribution in [0.1, 0.15) is 44.7 Å². The number of piperidine rings is 1. The fourth-order valence-corrected chi connectivity index (χ4v) is 4.01. The number of carbonyl (C=O) groups excluding carboxylic acids is 3. The molecule has 3 rings (SSSR count). The minimum Gasteiger partial charge on any atom is -0.351 e. The van der Waals surface area contributed by atoms with E-state index in [1.54, 1.807) is 18.2 Å². The maximum Gasteiger partial charge on any atom is 0.253 e. The van der Waals surface area contributed by atoms with Crippen LogP contribution in [0, 0.1) is 19.8 Å². The van der Waals surface area contributed by atoms with Crippen LogP contribution in [0.25, 0.3) is 0 Å². The van der Waals surface area contributed by atoms with Crippen LogP contribution in [-0.4, -0.2) is 48.3 Å². The molecule has 3 amide bonds. The van der Waals surface area contributed by atoms with Crippen molar-refractivity contribution in [2.75, 3.05) is 19.6 Å². The highest BCUT2D eigenvalue weighted by Gasteiger charge is 2.34. The number of hydrogen-bond donors (Lipinski definition) is 2. The number of nitrogens with one attached hydrogen (secondary N) is 2. The summed E-state index contributed by atoms with van der Waals surface area (Å²) in [6.45, 7) is 8.97. The van der Waals surface area contributed by atoms with Crippen LogP contribution in [0.15, 0.2) is 61.2 Å². The summed E-state index contributed by atoms with van der Waals surface area (Å²) < 4.78 is 0. The molecule has 2 aromatic carbocycles. The molecule has 0 bridgehead atoms. The van der Waals surface area contributed by atoms with Crippen molar-refractivity contribution in [3.05, 3.63) is 83.4 Å². The van der Waals surface area contributed by atoms with E-state index in [0.717, 1.165) is 11.1 Å². The molecular weight excluding hydrogens is 402 g/mol. The van der Waals surface area contributed by atoms with Crippen molar-refractivity contribution in [2.45, 2.75) is 32.7 Å². The Balaban J connectivity index is 1.68.